The summed E-state index contributed by atoms with van der Waals surface area (Å²) in [5, 5.41) is 20.0. The van der Waals surface area contributed by atoms with Crippen LogP contribution in [0.15, 0.2) is 23.7 Å². The fourth-order valence-electron chi connectivity index (χ4n) is 0.572. The molecule has 0 aliphatic heterocycles. The summed E-state index contributed by atoms with van der Waals surface area (Å²) in [5.41, 5.74) is 0. The Labute approximate surface area is 122 Å². The SMILES string of the molecule is CC(=O)/C=C(/C)[O-].CC(=O)/C=C(/C)[O-].O.O.O.O.[Ni+2]. The van der Waals surface area contributed by atoms with E-state index < -0.39 is 0 Å². The van der Waals surface area contributed by atoms with Crippen LogP contribution in [0.2, 0.25) is 0 Å². The van der Waals surface area contributed by atoms with Gasteiger partial charge in [-0.25, -0.2) is 0 Å². The molecule has 0 aromatic carbocycles. The van der Waals surface area contributed by atoms with E-state index in [4.69, 9.17) is 0 Å². The van der Waals surface area contributed by atoms with Crippen molar-refractivity contribution < 1.29 is 58.2 Å². The third-order valence-corrected chi connectivity index (χ3v) is 0.813. The van der Waals surface area contributed by atoms with Gasteiger partial charge in [-0.15, -0.1) is 11.5 Å². The maximum Gasteiger partial charge on any atom is 2.00 e. The maximum atomic E-state index is 9.98. The number of carbonyl (C=O) groups excluding carboxylic acids is 2. The summed E-state index contributed by atoms with van der Waals surface area (Å²) in [6.45, 7) is 5.39. The minimum Gasteiger partial charge on any atom is -0.876 e. The van der Waals surface area contributed by atoms with Crippen LogP contribution in [0, 0.1) is 0 Å². The molecule has 0 heterocycles. The van der Waals surface area contributed by atoms with E-state index in [0.717, 1.165) is 12.2 Å². The van der Waals surface area contributed by atoms with Gasteiger partial charge < -0.3 is 32.1 Å². The quantitative estimate of drug-likeness (QED) is 0.285. The second-order valence-electron chi connectivity index (χ2n) is 2.73. The topological polar surface area (TPSA) is 206 Å². The first-order valence-electron chi connectivity index (χ1n) is 3.97. The Morgan fingerprint density at radius 3 is 0.842 bits per heavy atom. The summed E-state index contributed by atoms with van der Waals surface area (Å²) >= 11 is 0. The van der Waals surface area contributed by atoms with Gasteiger partial charge in [0, 0.05) is 0 Å². The molecule has 0 saturated carbocycles. The average molecular weight is 329 g/mol. The molecule has 0 atom stereocenters. The Balaban J connectivity index is -0.0000000240. The summed E-state index contributed by atoms with van der Waals surface area (Å²) in [5.74, 6) is -0.750. The first-order chi connectivity index (χ1) is 6.25. The van der Waals surface area contributed by atoms with E-state index in [9.17, 15) is 19.8 Å². The molecule has 0 rings (SSSR count). The van der Waals surface area contributed by atoms with Crippen molar-refractivity contribution in [2.24, 2.45) is 0 Å². The van der Waals surface area contributed by atoms with Gasteiger partial charge in [-0.05, 0) is 26.0 Å². The number of hydrogen-bond donors (Lipinski definition) is 0. The van der Waals surface area contributed by atoms with Crippen LogP contribution in [0.3, 0.4) is 0 Å². The Bertz CT molecular complexity index is 237. The van der Waals surface area contributed by atoms with E-state index in [1.807, 2.05) is 0 Å². The van der Waals surface area contributed by atoms with Crippen molar-refractivity contribution in [3.63, 3.8) is 0 Å². The molecule has 120 valence electrons. The van der Waals surface area contributed by atoms with Crippen LogP contribution in [0.25, 0.3) is 0 Å². The van der Waals surface area contributed by atoms with Gasteiger partial charge >= 0.3 is 16.5 Å². The third kappa shape index (κ3) is 80.0. The molecule has 9 heteroatoms. The normalized spacial score (nSPS) is 8.42. The molecule has 0 aromatic heterocycles. The Morgan fingerprint density at radius 2 is 0.842 bits per heavy atom. The molecule has 0 saturated heterocycles. The summed E-state index contributed by atoms with van der Waals surface area (Å²) in [7, 11) is 0. The van der Waals surface area contributed by atoms with Gasteiger partial charge in [-0.2, -0.15) is 0 Å². The van der Waals surface area contributed by atoms with Gasteiger partial charge in [0.1, 0.15) is 0 Å². The van der Waals surface area contributed by atoms with Crippen molar-refractivity contribution in [1.29, 1.82) is 0 Å². The van der Waals surface area contributed by atoms with Crippen LogP contribution in [-0.2, 0) is 26.1 Å². The third-order valence-electron chi connectivity index (χ3n) is 0.813. The maximum absolute atomic E-state index is 9.98. The molecule has 0 fully saturated rings. The van der Waals surface area contributed by atoms with Crippen LogP contribution in [0.5, 0.6) is 0 Å². The smallest absolute Gasteiger partial charge is 0.876 e. The predicted molar refractivity (Wildman–Crippen MR) is 63.3 cm³/mol. The minimum atomic E-state index is -0.187. The summed E-state index contributed by atoms with van der Waals surface area (Å²) in [4.78, 5) is 20.0. The first-order valence-corrected chi connectivity index (χ1v) is 3.97. The van der Waals surface area contributed by atoms with Crippen LogP contribution in [0.4, 0.5) is 0 Å². The van der Waals surface area contributed by atoms with E-state index in [1.165, 1.54) is 27.7 Å². The molecule has 0 amide bonds. The van der Waals surface area contributed by atoms with Gasteiger partial charge in [0.05, 0.1) is 0 Å². The number of allylic oxidation sites excluding steroid dienone is 4. The Hall–Kier alpha value is -1.25. The van der Waals surface area contributed by atoms with E-state index in [-0.39, 0.29) is 61.5 Å². The summed E-state index contributed by atoms with van der Waals surface area (Å²) in [6.07, 6.45) is 2.11. The van der Waals surface area contributed by atoms with Crippen molar-refractivity contribution in [3.8, 4) is 0 Å². The standard InChI is InChI=1S/2C5H8O2.Ni.4H2O/c2*1-4(6)3-5(2)7;;;;;/h2*3,6H,1-2H3;;4*1H2/q;;+2;;;;/p-2/b2*4-3-;;;;;. The second kappa shape index (κ2) is 25.6. The molecule has 0 unspecified atom stereocenters. The van der Waals surface area contributed by atoms with E-state index in [0.29, 0.717) is 0 Å². The molecular weight excluding hydrogens is 307 g/mol. The van der Waals surface area contributed by atoms with Crippen molar-refractivity contribution in [1.82, 2.24) is 0 Å². The minimum absolute atomic E-state index is 0. The number of rotatable bonds is 2. The predicted octanol–water partition coefficient (Wildman–Crippen LogP) is -3.62. The van der Waals surface area contributed by atoms with Crippen LogP contribution < -0.4 is 10.2 Å². The molecular formula is C10H22NiO8. The van der Waals surface area contributed by atoms with Crippen molar-refractivity contribution in [2.75, 3.05) is 0 Å². The van der Waals surface area contributed by atoms with Crippen molar-refractivity contribution >= 4 is 11.6 Å². The van der Waals surface area contributed by atoms with E-state index >= 15 is 0 Å². The summed E-state index contributed by atoms with van der Waals surface area (Å²) in [6, 6.07) is 0. The molecule has 0 aliphatic carbocycles. The zero-order valence-corrected chi connectivity index (χ0v) is 12.1. The Morgan fingerprint density at radius 1 is 0.684 bits per heavy atom. The zero-order chi connectivity index (χ0) is 11.7. The van der Waals surface area contributed by atoms with Gasteiger partial charge in [0.2, 0.25) is 0 Å². The Kier molecular flexibility index (Phi) is 58.0. The second-order valence-corrected chi connectivity index (χ2v) is 2.73. The van der Waals surface area contributed by atoms with Gasteiger partial charge in [-0.3, -0.25) is 9.59 Å². The van der Waals surface area contributed by atoms with E-state index in [2.05, 4.69) is 0 Å². The van der Waals surface area contributed by atoms with Crippen molar-refractivity contribution in [2.45, 2.75) is 27.7 Å². The first kappa shape index (κ1) is 43.1. The number of hydrogen-bond acceptors (Lipinski definition) is 4. The molecule has 0 bridgehead atoms. The van der Waals surface area contributed by atoms with Crippen LogP contribution in [0.1, 0.15) is 27.7 Å². The number of carbonyl (C=O) groups is 2. The fraction of sp³-hybridized carbons (Fsp3) is 0.400. The van der Waals surface area contributed by atoms with Gasteiger partial charge in [0.15, 0.2) is 11.6 Å². The van der Waals surface area contributed by atoms with Gasteiger partial charge in [0.25, 0.3) is 0 Å². The molecule has 0 aromatic rings. The molecule has 8 nitrogen and oxygen atoms in total. The monoisotopic (exact) mass is 328 g/mol. The van der Waals surface area contributed by atoms with Crippen molar-refractivity contribution in [3.05, 3.63) is 23.7 Å². The van der Waals surface area contributed by atoms with Gasteiger partial charge in [-0.1, -0.05) is 13.8 Å². The number of ketones is 2. The zero-order valence-electron chi connectivity index (χ0n) is 11.1. The molecule has 0 aliphatic rings. The van der Waals surface area contributed by atoms with Crippen LogP contribution in [-0.4, -0.2) is 33.5 Å². The molecule has 19 heavy (non-hydrogen) atoms. The van der Waals surface area contributed by atoms with Crippen LogP contribution >= 0.6 is 0 Å². The fourth-order valence-corrected chi connectivity index (χ4v) is 0.572. The summed E-state index contributed by atoms with van der Waals surface area (Å²) < 4.78 is 0. The average Bonchev–Trinajstić information content (AvgIpc) is 1.79. The molecule has 8 N–H and O–H groups in total. The molecule has 0 spiro atoms. The molecule has 0 radical (unpaired) electrons. The van der Waals surface area contributed by atoms with E-state index in [1.54, 1.807) is 0 Å². The largest absolute Gasteiger partial charge is 2.00 e.